The van der Waals surface area contributed by atoms with Gasteiger partial charge in [0.2, 0.25) is 0 Å². The molecule has 132 valence electrons. The average molecular weight is 387 g/mol. The quantitative estimate of drug-likeness (QED) is 0.618. The first-order valence-corrected chi connectivity index (χ1v) is 8.92. The Morgan fingerprint density at radius 1 is 1.04 bits per heavy atom. The lowest BCUT2D eigenvalue weighted by Crippen LogP contribution is -2.24. The summed E-state index contributed by atoms with van der Waals surface area (Å²) in [4.78, 5) is 28.2. The monoisotopic (exact) mass is 386 g/mol. The molecule has 0 aliphatic heterocycles. The highest BCUT2D eigenvalue weighted by Gasteiger charge is 2.13. The number of thiazole rings is 1. The van der Waals surface area contributed by atoms with Crippen LogP contribution in [0.2, 0.25) is 5.02 Å². The minimum Gasteiger partial charge on any atom is -0.341 e. The Kier molecular flexibility index (Phi) is 5.50. The smallest absolute Gasteiger partial charge is 0.318 e. The number of benzene rings is 2. The summed E-state index contributed by atoms with van der Waals surface area (Å²) < 4.78 is 0. The second kappa shape index (κ2) is 7.99. The molecule has 0 saturated heterocycles. The zero-order chi connectivity index (χ0) is 18.5. The van der Waals surface area contributed by atoms with Gasteiger partial charge in [-0.3, -0.25) is 4.79 Å². The minimum atomic E-state index is -0.334. The van der Waals surface area contributed by atoms with Gasteiger partial charge in [-0.05, 0) is 30.3 Å². The first-order chi connectivity index (χ1) is 12.5. The molecule has 0 atom stereocenters. The van der Waals surface area contributed by atoms with E-state index in [1.165, 1.54) is 18.4 Å². The van der Waals surface area contributed by atoms with E-state index >= 15 is 0 Å². The van der Waals surface area contributed by atoms with Gasteiger partial charge in [-0.25, -0.2) is 9.78 Å². The van der Waals surface area contributed by atoms with Crippen molar-refractivity contribution in [3.8, 4) is 10.6 Å². The summed E-state index contributed by atoms with van der Waals surface area (Å²) in [6.07, 6.45) is 0. The van der Waals surface area contributed by atoms with Crippen LogP contribution >= 0.6 is 22.9 Å². The highest BCUT2D eigenvalue weighted by molar-refractivity contribution is 7.13. The van der Waals surface area contributed by atoms with Gasteiger partial charge in [0, 0.05) is 34.4 Å². The number of carbonyl (C=O) groups excluding carboxylic acids is 2. The second-order valence-corrected chi connectivity index (χ2v) is 6.58. The molecule has 3 amide bonds. The number of hydrogen-bond acceptors (Lipinski definition) is 4. The number of urea groups is 1. The predicted octanol–water partition coefficient (Wildman–Crippen LogP) is 4.47. The lowest BCUT2D eigenvalue weighted by molar-refractivity contribution is 0.102. The van der Waals surface area contributed by atoms with Crippen molar-refractivity contribution in [2.45, 2.75) is 0 Å². The number of anilines is 2. The summed E-state index contributed by atoms with van der Waals surface area (Å²) in [6.45, 7) is 0. The molecular weight excluding hydrogens is 372 g/mol. The summed E-state index contributed by atoms with van der Waals surface area (Å²) in [7, 11) is 1.53. The maximum atomic E-state index is 12.4. The Hall–Kier alpha value is -2.90. The first kappa shape index (κ1) is 17.9. The topological polar surface area (TPSA) is 83.1 Å². The molecular formula is C18H15ClN4O2S. The fourth-order valence-corrected chi connectivity index (χ4v) is 3.18. The average Bonchev–Trinajstić information content (AvgIpc) is 3.12. The molecule has 6 nitrogen and oxygen atoms in total. The van der Waals surface area contributed by atoms with Gasteiger partial charge >= 0.3 is 6.03 Å². The van der Waals surface area contributed by atoms with Gasteiger partial charge in [0.1, 0.15) is 10.7 Å². The largest absolute Gasteiger partial charge is 0.341 e. The van der Waals surface area contributed by atoms with Crippen LogP contribution in [0.1, 0.15) is 10.5 Å². The second-order valence-electron chi connectivity index (χ2n) is 5.29. The molecule has 2 aromatic carbocycles. The molecule has 0 radical (unpaired) electrons. The summed E-state index contributed by atoms with van der Waals surface area (Å²) in [5.74, 6) is -0.327. The zero-order valence-electron chi connectivity index (χ0n) is 13.7. The van der Waals surface area contributed by atoms with Crippen LogP contribution in [0.3, 0.4) is 0 Å². The number of halogens is 1. The molecule has 3 N–H and O–H groups in total. The molecule has 0 unspecified atom stereocenters. The number of nitrogens with zero attached hydrogens (tertiary/aromatic N) is 1. The van der Waals surface area contributed by atoms with Crippen molar-refractivity contribution in [2.24, 2.45) is 0 Å². The van der Waals surface area contributed by atoms with Gasteiger partial charge in [-0.1, -0.05) is 29.8 Å². The fraction of sp³-hybridized carbons (Fsp3) is 0.0556. The van der Waals surface area contributed by atoms with Gasteiger partial charge in [-0.15, -0.1) is 11.3 Å². The Labute approximate surface area is 159 Å². The normalized spacial score (nSPS) is 10.2. The van der Waals surface area contributed by atoms with Crippen molar-refractivity contribution in [1.82, 2.24) is 10.3 Å². The van der Waals surface area contributed by atoms with Crippen LogP contribution in [0, 0.1) is 0 Å². The van der Waals surface area contributed by atoms with E-state index in [0.29, 0.717) is 27.1 Å². The predicted molar refractivity (Wildman–Crippen MR) is 105 cm³/mol. The third kappa shape index (κ3) is 4.38. The van der Waals surface area contributed by atoms with Gasteiger partial charge in [0.05, 0.1) is 0 Å². The minimum absolute atomic E-state index is 0.314. The Morgan fingerprint density at radius 2 is 1.77 bits per heavy atom. The standard InChI is InChI=1S/C18H15ClN4O2S/c1-20-18(25)22-14-7-3-6-13(9-14)21-16(24)15-10-26-17(23-15)11-4-2-5-12(19)8-11/h2-10H,1H3,(H,21,24)(H2,20,22,25). The van der Waals surface area contributed by atoms with E-state index < -0.39 is 0 Å². The molecule has 3 rings (SSSR count). The van der Waals surface area contributed by atoms with Crippen molar-refractivity contribution in [3.63, 3.8) is 0 Å². The van der Waals surface area contributed by atoms with E-state index in [2.05, 4.69) is 20.9 Å². The molecule has 0 fully saturated rings. The molecule has 8 heteroatoms. The van der Waals surface area contributed by atoms with Crippen LogP contribution in [-0.2, 0) is 0 Å². The van der Waals surface area contributed by atoms with E-state index in [1.54, 1.807) is 41.8 Å². The van der Waals surface area contributed by atoms with Gasteiger partial charge in [0.15, 0.2) is 0 Å². The highest BCUT2D eigenvalue weighted by atomic mass is 35.5. The van der Waals surface area contributed by atoms with E-state index in [0.717, 1.165) is 5.56 Å². The highest BCUT2D eigenvalue weighted by Crippen LogP contribution is 2.26. The lowest BCUT2D eigenvalue weighted by atomic mass is 10.2. The fourth-order valence-electron chi connectivity index (χ4n) is 2.20. The first-order valence-electron chi connectivity index (χ1n) is 7.67. The number of amides is 3. The summed E-state index contributed by atoms with van der Waals surface area (Å²) >= 11 is 7.36. The van der Waals surface area contributed by atoms with Gasteiger partial charge < -0.3 is 16.0 Å². The van der Waals surface area contributed by atoms with Crippen molar-refractivity contribution >= 4 is 46.3 Å². The lowest BCUT2D eigenvalue weighted by Gasteiger charge is -2.07. The van der Waals surface area contributed by atoms with Crippen molar-refractivity contribution < 1.29 is 9.59 Å². The van der Waals surface area contributed by atoms with E-state index in [-0.39, 0.29) is 11.9 Å². The number of aromatic nitrogens is 1. The molecule has 0 spiro atoms. The maximum absolute atomic E-state index is 12.4. The number of rotatable bonds is 4. The molecule has 0 bridgehead atoms. The third-order valence-electron chi connectivity index (χ3n) is 3.41. The van der Waals surface area contributed by atoms with Crippen LogP contribution in [0.25, 0.3) is 10.6 Å². The zero-order valence-corrected chi connectivity index (χ0v) is 15.3. The Balaban J connectivity index is 1.73. The van der Waals surface area contributed by atoms with Gasteiger partial charge in [-0.2, -0.15) is 0 Å². The molecule has 0 aliphatic rings. The van der Waals surface area contributed by atoms with Crippen molar-refractivity contribution in [2.75, 3.05) is 17.7 Å². The SMILES string of the molecule is CNC(=O)Nc1cccc(NC(=O)c2csc(-c3cccc(Cl)c3)n2)c1. The van der Waals surface area contributed by atoms with Crippen LogP contribution in [-0.4, -0.2) is 24.0 Å². The molecule has 0 aliphatic carbocycles. The number of hydrogen-bond donors (Lipinski definition) is 3. The Morgan fingerprint density at radius 3 is 2.50 bits per heavy atom. The number of nitrogens with one attached hydrogen (secondary N) is 3. The number of carbonyl (C=O) groups is 2. The summed E-state index contributed by atoms with van der Waals surface area (Å²) in [6, 6.07) is 13.8. The molecule has 26 heavy (non-hydrogen) atoms. The van der Waals surface area contributed by atoms with Crippen LogP contribution < -0.4 is 16.0 Å². The Bertz CT molecular complexity index is 958. The van der Waals surface area contributed by atoms with Crippen LogP contribution in [0.5, 0.6) is 0 Å². The van der Waals surface area contributed by atoms with E-state index in [9.17, 15) is 9.59 Å². The molecule has 1 aromatic heterocycles. The van der Waals surface area contributed by atoms with Gasteiger partial charge in [0.25, 0.3) is 5.91 Å². The van der Waals surface area contributed by atoms with Crippen LogP contribution in [0.15, 0.2) is 53.9 Å². The maximum Gasteiger partial charge on any atom is 0.318 e. The molecule has 0 saturated carbocycles. The van der Waals surface area contributed by atoms with Crippen molar-refractivity contribution in [1.29, 1.82) is 0 Å². The third-order valence-corrected chi connectivity index (χ3v) is 4.54. The van der Waals surface area contributed by atoms with E-state index in [1.807, 2.05) is 12.1 Å². The molecule has 1 heterocycles. The summed E-state index contributed by atoms with van der Waals surface area (Å²) in [5, 5.41) is 10.9. The van der Waals surface area contributed by atoms with E-state index in [4.69, 9.17) is 11.6 Å². The summed E-state index contributed by atoms with van der Waals surface area (Å²) in [5.41, 5.74) is 2.30. The van der Waals surface area contributed by atoms with Crippen LogP contribution in [0.4, 0.5) is 16.2 Å². The molecule has 3 aromatic rings. The van der Waals surface area contributed by atoms with Crippen molar-refractivity contribution in [3.05, 3.63) is 64.6 Å².